The minimum Gasteiger partial charge on any atom is -0.406 e. The second-order valence-electron chi connectivity index (χ2n) is 8.52. The second kappa shape index (κ2) is 12.5. The zero-order valence-corrected chi connectivity index (χ0v) is 20.6. The Morgan fingerprint density at radius 1 is 0.861 bits per heavy atom. The topological polar surface area (TPSA) is 57.0 Å². The van der Waals surface area contributed by atoms with Crippen molar-refractivity contribution in [3.8, 4) is 5.75 Å². The average molecular weight is 519 g/mol. The lowest BCUT2D eigenvalue weighted by atomic mass is 10.0. The summed E-state index contributed by atoms with van der Waals surface area (Å²) in [6.45, 7) is 0.927. The summed E-state index contributed by atoms with van der Waals surface area (Å²) in [5.41, 5.74) is 10.7. The lowest BCUT2D eigenvalue weighted by Gasteiger charge is -2.34. The molecule has 4 rings (SSSR count). The maximum atomic E-state index is 12.4. The molecule has 0 aromatic heterocycles. The molecule has 1 aliphatic heterocycles. The maximum absolute atomic E-state index is 12.4. The zero-order valence-electron chi connectivity index (χ0n) is 19.7. The van der Waals surface area contributed by atoms with Crippen LogP contribution in [0.1, 0.15) is 30.4 Å². The molecule has 0 aliphatic carbocycles. The number of halogens is 3. The number of hydrogen-bond acceptors (Lipinski definition) is 6. The second-order valence-corrected chi connectivity index (χ2v) is 9.29. The Labute approximate surface area is 213 Å². The highest BCUT2D eigenvalue weighted by Gasteiger charge is 2.31. The highest BCUT2D eigenvalue weighted by atomic mass is 32.2. The molecule has 1 aliphatic rings. The normalized spacial score (nSPS) is 14.1. The number of benzene rings is 3. The minimum absolute atomic E-state index is 0.000103. The van der Waals surface area contributed by atoms with Gasteiger partial charge in [0.1, 0.15) is 12.4 Å². The molecule has 1 heterocycles. The summed E-state index contributed by atoms with van der Waals surface area (Å²) in [5, 5.41) is 0. The van der Waals surface area contributed by atoms with Gasteiger partial charge in [0.15, 0.2) is 0 Å². The van der Waals surface area contributed by atoms with E-state index in [1.807, 2.05) is 0 Å². The molecule has 1 atom stereocenters. The van der Waals surface area contributed by atoms with Crippen molar-refractivity contribution in [1.82, 2.24) is 0 Å². The lowest BCUT2D eigenvalue weighted by molar-refractivity contribution is -0.274. The van der Waals surface area contributed by atoms with E-state index in [2.05, 4.69) is 58.2 Å². The predicted octanol–water partition coefficient (Wildman–Crippen LogP) is 6.98. The molecule has 3 aromatic rings. The molecule has 3 aromatic carbocycles. The maximum Gasteiger partial charge on any atom is 0.573 e. The third kappa shape index (κ3) is 7.16. The number of fused-ring (bicyclic) bond motifs is 2. The smallest absolute Gasteiger partial charge is 0.406 e. The van der Waals surface area contributed by atoms with Crippen LogP contribution in [0.5, 0.6) is 5.75 Å². The summed E-state index contributed by atoms with van der Waals surface area (Å²) in [6, 6.07) is 22.3. The van der Waals surface area contributed by atoms with Gasteiger partial charge in [-0.2, -0.15) is 4.33 Å². The van der Waals surface area contributed by atoms with Gasteiger partial charge < -0.3 is 15.4 Å². The van der Waals surface area contributed by atoms with Gasteiger partial charge in [-0.3, -0.25) is 0 Å². The molecule has 0 saturated heterocycles. The van der Waals surface area contributed by atoms with E-state index in [-0.39, 0.29) is 11.8 Å². The van der Waals surface area contributed by atoms with Crippen molar-refractivity contribution < 1.29 is 27.1 Å². The quantitative estimate of drug-likeness (QED) is 0.128. The van der Waals surface area contributed by atoms with Crippen LogP contribution >= 0.6 is 12.0 Å². The predicted molar refractivity (Wildman–Crippen MR) is 135 cm³/mol. The molecule has 36 heavy (non-hydrogen) atoms. The van der Waals surface area contributed by atoms with E-state index in [1.54, 1.807) is 0 Å². The molecule has 0 unspecified atom stereocenters. The van der Waals surface area contributed by atoms with Gasteiger partial charge in [0.2, 0.25) is 0 Å². The summed E-state index contributed by atoms with van der Waals surface area (Å²) in [5.74, 6) is -0.286. The first-order valence-electron chi connectivity index (χ1n) is 11.9. The molecule has 5 nitrogen and oxygen atoms in total. The summed E-state index contributed by atoms with van der Waals surface area (Å²) in [6.07, 6.45) is -0.0924. The highest BCUT2D eigenvalue weighted by molar-refractivity contribution is 7.94. The number of anilines is 2. The molecule has 0 spiro atoms. The Hall–Kier alpha value is -2.72. The van der Waals surface area contributed by atoms with E-state index in [0.29, 0.717) is 18.0 Å². The molecule has 192 valence electrons. The van der Waals surface area contributed by atoms with Gasteiger partial charge in [0.25, 0.3) is 0 Å². The van der Waals surface area contributed by atoms with Crippen molar-refractivity contribution in [2.24, 2.45) is 5.73 Å². The van der Waals surface area contributed by atoms with E-state index in [9.17, 15) is 13.2 Å². The number of nitrogens with two attached hydrogens (primary N) is 1. The monoisotopic (exact) mass is 518 g/mol. The van der Waals surface area contributed by atoms with Crippen LogP contribution in [0.15, 0.2) is 77.7 Å². The Balaban J connectivity index is 1.46. The summed E-state index contributed by atoms with van der Waals surface area (Å²) in [4.78, 5) is 8.59. The molecule has 0 bridgehead atoms. The first kappa shape index (κ1) is 26.3. The van der Waals surface area contributed by atoms with E-state index < -0.39 is 6.36 Å². The Morgan fingerprint density at radius 3 is 2.06 bits per heavy atom. The SMILES string of the molecule is NCCCC[C@H](COOSc1ccc(OC(F)(F)F)cc1)N1c2ccccc2CCc2ccccc21. The molecule has 0 fully saturated rings. The third-order valence-electron chi connectivity index (χ3n) is 6.02. The molecular weight excluding hydrogens is 489 g/mol. The van der Waals surface area contributed by atoms with E-state index >= 15 is 0 Å². The molecule has 0 amide bonds. The van der Waals surface area contributed by atoms with Crippen molar-refractivity contribution >= 4 is 23.4 Å². The standard InChI is InChI=1S/C27H29F3N2O3S/c28-27(29,30)34-23-14-16-24(17-15-23)36-35-33-19-22(9-5-6-18-31)32-25-10-3-1-7-20(25)12-13-21-8-2-4-11-26(21)32/h1-4,7-8,10-11,14-17,22H,5-6,9,12-13,18-19,31H2/t22-/m1/s1. The number of unbranched alkanes of at least 4 members (excludes halogenated alkanes) is 1. The Morgan fingerprint density at radius 2 is 1.47 bits per heavy atom. The van der Waals surface area contributed by atoms with Crippen LogP contribution in [0.2, 0.25) is 0 Å². The lowest BCUT2D eigenvalue weighted by Crippen LogP contribution is -2.36. The number of aryl methyl sites for hydroxylation is 2. The third-order valence-corrected chi connectivity index (χ3v) is 6.65. The molecule has 0 saturated carbocycles. The van der Waals surface area contributed by atoms with Crippen LogP contribution < -0.4 is 15.4 Å². The number of hydrogen-bond donors (Lipinski definition) is 1. The molecule has 9 heteroatoms. The minimum atomic E-state index is -4.72. The van der Waals surface area contributed by atoms with Crippen molar-refractivity contribution in [3.63, 3.8) is 0 Å². The number of nitrogens with zero attached hydrogens (tertiary/aromatic N) is 1. The van der Waals surface area contributed by atoms with Gasteiger partial charge in [-0.1, -0.05) is 42.8 Å². The molecule has 2 N–H and O–H groups in total. The van der Waals surface area contributed by atoms with Crippen molar-refractivity contribution in [2.45, 2.75) is 49.4 Å². The summed E-state index contributed by atoms with van der Waals surface area (Å²) < 4.78 is 46.4. The number of alkyl halides is 3. The Kier molecular flexibility index (Phi) is 9.14. The van der Waals surface area contributed by atoms with Crippen LogP contribution in [0.25, 0.3) is 0 Å². The largest absolute Gasteiger partial charge is 0.573 e. The molecular formula is C27H29F3N2O3S. The first-order chi connectivity index (χ1) is 17.4. The Bertz CT molecular complexity index is 1060. The van der Waals surface area contributed by atoms with Gasteiger partial charge in [0.05, 0.1) is 18.1 Å². The average Bonchev–Trinajstić information content (AvgIpc) is 3.03. The number of rotatable bonds is 11. The number of para-hydroxylation sites is 2. The van der Waals surface area contributed by atoms with Crippen LogP contribution in [0, 0.1) is 0 Å². The zero-order chi connectivity index (χ0) is 25.4. The van der Waals surface area contributed by atoms with Gasteiger partial charge in [-0.05, 0) is 79.8 Å². The number of ether oxygens (including phenoxy) is 1. The highest BCUT2D eigenvalue weighted by Crippen LogP contribution is 2.38. The van der Waals surface area contributed by atoms with Gasteiger partial charge in [0, 0.05) is 16.3 Å². The van der Waals surface area contributed by atoms with Crippen molar-refractivity contribution in [1.29, 1.82) is 0 Å². The van der Waals surface area contributed by atoms with Crippen LogP contribution in [0.3, 0.4) is 0 Å². The molecule has 0 radical (unpaired) electrons. The summed E-state index contributed by atoms with van der Waals surface area (Å²) >= 11 is 0.942. The van der Waals surface area contributed by atoms with Crippen molar-refractivity contribution in [3.05, 3.63) is 83.9 Å². The van der Waals surface area contributed by atoms with Gasteiger partial charge in [-0.15, -0.1) is 13.2 Å². The van der Waals surface area contributed by atoms with Crippen molar-refractivity contribution in [2.75, 3.05) is 18.1 Å². The fraction of sp³-hybridized carbons (Fsp3) is 0.333. The fourth-order valence-corrected chi connectivity index (χ4v) is 4.81. The van der Waals surface area contributed by atoms with Crippen LogP contribution in [0.4, 0.5) is 24.5 Å². The fourth-order valence-electron chi connectivity index (χ4n) is 4.38. The van der Waals surface area contributed by atoms with E-state index in [1.165, 1.54) is 35.4 Å². The van der Waals surface area contributed by atoms with E-state index in [0.717, 1.165) is 55.5 Å². The van der Waals surface area contributed by atoms with Crippen LogP contribution in [-0.4, -0.2) is 25.6 Å². The first-order valence-corrected chi connectivity index (χ1v) is 12.7. The van der Waals surface area contributed by atoms with Crippen LogP contribution in [-0.2, 0) is 22.1 Å². The summed E-state index contributed by atoms with van der Waals surface area (Å²) in [7, 11) is 0. The van der Waals surface area contributed by atoms with Gasteiger partial charge in [-0.25, -0.2) is 4.89 Å². The van der Waals surface area contributed by atoms with Gasteiger partial charge >= 0.3 is 6.36 Å². The van der Waals surface area contributed by atoms with E-state index in [4.69, 9.17) is 15.0 Å².